The molecule has 1 unspecified atom stereocenters. The van der Waals surface area contributed by atoms with E-state index in [1.54, 1.807) is 0 Å². The maximum atomic E-state index is 11.6. The number of carbonyl (C=O) groups is 1. The van der Waals surface area contributed by atoms with E-state index in [0.717, 1.165) is 36.2 Å². The van der Waals surface area contributed by atoms with Crippen LogP contribution in [-0.4, -0.2) is 51.6 Å². The molecule has 2 N–H and O–H groups in total. The van der Waals surface area contributed by atoms with E-state index in [4.69, 9.17) is 16.3 Å². The topological polar surface area (TPSA) is 105 Å². The molecular formula is C21H22ClN7O2. The molecule has 9 nitrogen and oxygen atoms in total. The molecule has 1 amide bonds. The van der Waals surface area contributed by atoms with Gasteiger partial charge in [-0.05, 0) is 37.6 Å². The van der Waals surface area contributed by atoms with Crippen molar-refractivity contribution in [2.45, 2.75) is 19.4 Å². The molecule has 2 aromatic heterocycles. The Morgan fingerprint density at radius 3 is 3.06 bits per heavy atom. The highest BCUT2D eigenvalue weighted by molar-refractivity contribution is 6.31. The molecular weight excluding hydrogens is 418 g/mol. The third-order valence-electron chi connectivity index (χ3n) is 4.88. The zero-order chi connectivity index (χ0) is 21.8. The molecule has 0 aliphatic carbocycles. The van der Waals surface area contributed by atoms with Crippen molar-refractivity contribution in [2.75, 3.05) is 35.2 Å². The van der Waals surface area contributed by atoms with E-state index in [9.17, 15) is 4.79 Å². The lowest BCUT2D eigenvalue weighted by molar-refractivity contribution is -0.111. The summed E-state index contributed by atoms with van der Waals surface area (Å²) in [5.41, 5.74) is 1.42. The van der Waals surface area contributed by atoms with Crippen LogP contribution in [0.25, 0.3) is 10.9 Å². The van der Waals surface area contributed by atoms with Crippen molar-refractivity contribution < 1.29 is 9.53 Å². The van der Waals surface area contributed by atoms with Crippen LogP contribution in [-0.2, 0) is 4.79 Å². The van der Waals surface area contributed by atoms with Crippen LogP contribution in [0.3, 0.4) is 0 Å². The maximum absolute atomic E-state index is 11.6. The summed E-state index contributed by atoms with van der Waals surface area (Å²) >= 11 is 6.07. The molecule has 1 aliphatic heterocycles. The number of ether oxygens (including phenoxy) is 1. The molecule has 160 valence electrons. The molecule has 0 saturated carbocycles. The van der Waals surface area contributed by atoms with Gasteiger partial charge in [0.2, 0.25) is 17.7 Å². The minimum absolute atomic E-state index is 0.145. The van der Waals surface area contributed by atoms with E-state index in [1.165, 1.54) is 18.6 Å². The molecule has 10 heteroatoms. The first-order valence-corrected chi connectivity index (χ1v) is 10.3. The second-order valence-corrected chi connectivity index (χ2v) is 7.39. The van der Waals surface area contributed by atoms with Gasteiger partial charge in [-0.1, -0.05) is 18.2 Å². The third-order valence-corrected chi connectivity index (χ3v) is 5.14. The number of nitrogens with one attached hydrogen (secondary N) is 2. The van der Waals surface area contributed by atoms with Gasteiger partial charge in [-0.25, -0.2) is 15.0 Å². The molecule has 3 heterocycles. The summed E-state index contributed by atoms with van der Waals surface area (Å²) < 4.78 is 5.44. The fourth-order valence-electron chi connectivity index (χ4n) is 3.48. The zero-order valence-electron chi connectivity index (χ0n) is 17.0. The van der Waals surface area contributed by atoms with Crippen LogP contribution in [0.4, 0.5) is 17.5 Å². The van der Waals surface area contributed by atoms with Gasteiger partial charge < -0.3 is 20.3 Å². The molecule has 1 aromatic carbocycles. The Bertz CT molecular complexity index is 1120. The summed E-state index contributed by atoms with van der Waals surface area (Å²) in [4.78, 5) is 31.2. The number of hydrogen-bond acceptors (Lipinski definition) is 8. The molecule has 31 heavy (non-hydrogen) atoms. The van der Waals surface area contributed by atoms with Gasteiger partial charge in [0.25, 0.3) is 0 Å². The second-order valence-electron chi connectivity index (χ2n) is 6.98. The van der Waals surface area contributed by atoms with Gasteiger partial charge in [0.05, 0.1) is 18.3 Å². The fraction of sp³-hybridized carbons (Fsp3) is 0.286. The Hall–Kier alpha value is -3.46. The summed E-state index contributed by atoms with van der Waals surface area (Å²) in [6, 6.07) is 5.72. The first kappa shape index (κ1) is 20.8. The van der Waals surface area contributed by atoms with E-state index in [2.05, 4.69) is 42.0 Å². The van der Waals surface area contributed by atoms with Gasteiger partial charge in [0, 0.05) is 30.2 Å². The lowest BCUT2D eigenvalue weighted by atomic mass is 10.2. The summed E-state index contributed by atoms with van der Waals surface area (Å²) in [6.07, 6.45) is 5.20. The molecule has 1 atom stereocenters. The number of benzene rings is 1. The largest absolute Gasteiger partial charge is 0.477 e. The molecule has 4 rings (SSSR count). The molecule has 1 fully saturated rings. The molecule has 0 bridgehead atoms. The lowest BCUT2D eigenvalue weighted by Gasteiger charge is -2.19. The van der Waals surface area contributed by atoms with Crippen molar-refractivity contribution in [3.8, 4) is 5.88 Å². The van der Waals surface area contributed by atoms with Crippen molar-refractivity contribution in [3.63, 3.8) is 0 Å². The average Bonchev–Trinajstić information content (AvgIpc) is 3.24. The fourth-order valence-corrected chi connectivity index (χ4v) is 3.62. The number of nitrogens with zero attached hydrogens (tertiary/aromatic N) is 5. The molecule has 0 radical (unpaired) electrons. The minimum atomic E-state index is -0.265. The van der Waals surface area contributed by atoms with Gasteiger partial charge in [-0.15, -0.1) is 0 Å². The van der Waals surface area contributed by atoms with Gasteiger partial charge in [-0.2, -0.15) is 4.98 Å². The summed E-state index contributed by atoms with van der Waals surface area (Å²) in [5.74, 6) is 1.44. The third kappa shape index (κ3) is 4.66. The quantitative estimate of drug-likeness (QED) is 0.540. The zero-order valence-corrected chi connectivity index (χ0v) is 17.8. The van der Waals surface area contributed by atoms with E-state index in [-0.39, 0.29) is 11.9 Å². The predicted molar refractivity (Wildman–Crippen MR) is 121 cm³/mol. The Labute approximate surface area is 184 Å². The molecule has 1 saturated heterocycles. The number of amides is 1. The van der Waals surface area contributed by atoms with E-state index < -0.39 is 0 Å². The van der Waals surface area contributed by atoms with Crippen LogP contribution in [0, 0.1) is 0 Å². The van der Waals surface area contributed by atoms with Crippen LogP contribution < -0.4 is 20.3 Å². The van der Waals surface area contributed by atoms with E-state index in [0.29, 0.717) is 29.1 Å². The van der Waals surface area contributed by atoms with Crippen LogP contribution in [0.15, 0.2) is 43.4 Å². The average molecular weight is 440 g/mol. The van der Waals surface area contributed by atoms with Crippen LogP contribution >= 0.6 is 11.6 Å². The Balaban J connectivity index is 1.49. The van der Waals surface area contributed by atoms with Crippen LogP contribution in [0.2, 0.25) is 5.02 Å². The highest BCUT2D eigenvalue weighted by Gasteiger charge is 2.26. The molecule has 1 aliphatic rings. The van der Waals surface area contributed by atoms with Crippen molar-refractivity contribution >= 4 is 45.9 Å². The number of carbonyl (C=O) groups excluding carboxylic acids is 1. The standard InChI is InChI=1S/C21H22ClN7O2/c1-3-18(30)26-13-5-6-15-17(9-13)24-12-25-19(15)29-8-7-14(11-29)27-21-23-10-16(22)20(28-21)31-4-2/h3,5-6,9-10,12,14H,1,4,7-8,11H2,2H3,(H,26,30)(H,23,27,28). The van der Waals surface area contributed by atoms with E-state index >= 15 is 0 Å². The number of halogens is 1. The Kier molecular flexibility index (Phi) is 6.13. The van der Waals surface area contributed by atoms with Gasteiger partial charge in [0.1, 0.15) is 17.2 Å². The number of anilines is 3. The van der Waals surface area contributed by atoms with Gasteiger partial charge in [-0.3, -0.25) is 4.79 Å². The van der Waals surface area contributed by atoms with Crippen molar-refractivity contribution in [2.24, 2.45) is 0 Å². The lowest BCUT2D eigenvalue weighted by Crippen LogP contribution is -2.27. The normalized spacial score (nSPS) is 15.7. The van der Waals surface area contributed by atoms with Gasteiger partial charge in [0.15, 0.2) is 0 Å². The first-order chi connectivity index (χ1) is 15.1. The smallest absolute Gasteiger partial charge is 0.247 e. The second kappa shape index (κ2) is 9.13. The monoisotopic (exact) mass is 439 g/mol. The minimum Gasteiger partial charge on any atom is -0.477 e. The number of aromatic nitrogens is 4. The predicted octanol–water partition coefficient (Wildman–Crippen LogP) is 3.29. The first-order valence-electron chi connectivity index (χ1n) is 9.92. The van der Waals surface area contributed by atoms with E-state index in [1.807, 2.05) is 25.1 Å². The molecule has 3 aromatic rings. The molecule has 0 spiro atoms. The Morgan fingerprint density at radius 2 is 2.26 bits per heavy atom. The highest BCUT2D eigenvalue weighted by Crippen LogP contribution is 2.29. The summed E-state index contributed by atoms with van der Waals surface area (Å²) in [6.45, 7) is 7.38. The van der Waals surface area contributed by atoms with Gasteiger partial charge >= 0.3 is 0 Å². The highest BCUT2D eigenvalue weighted by atomic mass is 35.5. The summed E-state index contributed by atoms with van der Waals surface area (Å²) in [5, 5.41) is 7.40. The van der Waals surface area contributed by atoms with Crippen molar-refractivity contribution in [3.05, 3.63) is 48.4 Å². The van der Waals surface area contributed by atoms with Crippen molar-refractivity contribution in [1.82, 2.24) is 19.9 Å². The maximum Gasteiger partial charge on any atom is 0.247 e. The number of fused-ring (bicyclic) bond motifs is 1. The Morgan fingerprint density at radius 1 is 1.39 bits per heavy atom. The SMILES string of the molecule is C=CC(=O)Nc1ccc2c(N3CCC(Nc4ncc(Cl)c(OCC)n4)C3)ncnc2c1. The van der Waals surface area contributed by atoms with Crippen LogP contribution in [0.5, 0.6) is 5.88 Å². The number of rotatable bonds is 7. The van der Waals surface area contributed by atoms with Crippen LogP contribution in [0.1, 0.15) is 13.3 Å². The number of hydrogen-bond donors (Lipinski definition) is 2. The summed E-state index contributed by atoms with van der Waals surface area (Å²) in [7, 11) is 0. The van der Waals surface area contributed by atoms with Crippen molar-refractivity contribution in [1.29, 1.82) is 0 Å².